The van der Waals surface area contributed by atoms with Crippen molar-refractivity contribution in [1.29, 1.82) is 0 Å². The van der Waals surface area contributed by atoms with E-state index in [-0.39, 0.29) is 32.5 Å². The van der Waals surface area contributed by atoms with Crippen LogP contribution in [0.1, 0.15) is 217 Å². The molecular weight excluding hydrogens is 1490 g/mol. The van der Waals surface area contributed by atoms with Crippen molar-refractivity contribution in [2.24, 2.45) is 0 Å². The third-order valence-electron chi connectivity index (χ3n) is 33.2. The molecule has 21 rings (SSSR count). The molecule has 3 aliphatic rings. The van der Waals surface area contributed by atoms with Gasteiger partial charge in [0.25, 0.3) is 0 Å². The molecule has 626 valence electrons. The van der Waals surface area contributed by atoms with Gasteiger partial charge in [0.15, 0.2) is 0 Å². The largest absolute Gasteiger partial charge is 0.0619 e. The second-order valence-corrected chi connectivity index (χ2v) is 40.5. The number of benzene rings is 18. The van der Waals surface area contributed by atoms with Gasteiger partial charge in [-0.25, -0.2) is 0 Å². The molecule has 0 fully saturated rings. The van der Waals surface area contributed by atoms with Crippen molar-refractivity contribution in [3.8, 4) is 33.4 Å². The molecule has 0 amide bonds. The lowest BCUT2D eigenvalue weighted by molar-refractivity contribution is 0.297. The maximum Gasteiger partial charge on any atom is -0.000296 e. The molecule has 0 bridgehead atoms. The van der Waals surface area contributed by atoms with E-state index in [9.17, 15) is 0 Å². The lowest BCUT2D eigenvalue weighted by Crippen LogP contribution is -2.44. The second-order valence-electron chi connectivity index (χ2n) is 40.5. The van der Waals surface area contributed by atoms with E-state index in [2.05, 4.69) is 450 Å². The molecular formula is C124H130. The molecule has 18 aromatic rings. The first kappa shape index (κ1) is 86.1. The van der Waals surface area contributed by atoms with Gasteiger partial charge >= 0.3 is 0 Å². The average Bonchev–Trinajstić information content (AvgIpc) is 0.707. The van der Waals surface area contributed by atoms with Crippen LogP contribution in [0.4, 0.5) is 0 Å². The predicted octanol–water partition coefficient (Wildman–Crippen LogP) is 35.2. The van der Waals surface area contributed by atoms with E-state index in [0.29, 0.717) is 0 Å². The molecule has 0 atom stereocenters. The molecule has 0 aromatic heterocycles. The van der Waals surface area contributed by atoms with Crippen LogP contribution in [0.25, 0.3) is 130 Å². The van der Waals surface area contributed by atoms with Gasteiger partial charge < -0.3 is 0 Å². The number of hydrogen-bond donors (Lipinski definition) is 0. The number of hydrogen-bond acceptors (Lipinski definition) is 0. The zero-order chi connectivity index (χ0) is 89.0. The topological polar surface area (TPSA) is 0 Å². The van der Waals surface area contributed by atoms with Gasteiger partial charge in [-0.2, -0.15) is 0 Å². The van der Waals surface area contributed by atoms with Crippen molar-refractivity contribution in [2.75, 3.05) is 0 Å². The molecule has 0 heteroatoms. The highest BCUT2D eigenvalue weighted by atomic mass is 14.5. The smallest absolute Gasteiger partial charge is 0.000296 e. The van der Waals surface area contributed by atoms with Crippen LogP contribution >= 0.6 is 0 Å². The van der Waals surface area contributed by atoms with Crippen molar-refractivity contribution >= 4 is 97.0 Å². The lowest BCUT2D eigenvalue weighted by atomic mass is 9.54. The van der Waals surface area contributed by atoms with E-state index in [1.807, 2.05) is 0 Å². The summed E-state index contributed by atoms with van der Waals surface area (Å²) in [5, 5.41) is 24.6. The molecule has 0 N–H and O–H groups in total. The minimum atomic E-state index is 0.124. The van der Waals surface area contributed by atoms with Crippen LogP contribution in [0.15, 0.2) is 243 Å². The molecule has 0 radical (unpaired) electrons. The number of aryl methyl sites for hydroxylation is 9. The first-order chi connectivity index (χ1) is 58.6. The average molecular weight is 1620 g/mol. The fourth-order valence-electron chi connectivity index (χ4n) is 22.0. The highest BCUT2D eigenvalue weighted by Gasteiger charge is 2.49. The normalized spacial score (nSPS) is 14.9. The van der Waals surface area contributed by atoms with Crippen LogP contribution in [0.2, 0.25) is 0 Å². The predicted molar refractivity (Wildman–Crippen MR) is 547 cm³/mol. The van der Waals surface area contributed by atoms with E-state index in [1.54, 1.807) is 0 Å². The molecule has 0 saturated carbocycles. The van der Waals surface area contributed by atoms with Gasteiger partial charge in [0.05, 0.1) is 0 Å². The zero-order valence-electron chi connectivity index (χ0n) is 80.1. The molecule has 0 saturated heterocycles. The van der Waals surface area contributed by atoms with Crippen molar-refractivity contribution in [2.45, 2.75) is 240 Å². The summed E-state index contributed by atoms with van der Waals surface area (Å²) in [6.45, 7) is 69.2. The summed E-state index contributed by atoms with van der Waals surface area (Å²) in [4.78, 5) is 0. The zero-order valence-corrected chi connectivity index (χ0v) is 80.1. The van der Waals surface area contributed by atoms with E-state index in [1.165, 1.54) is 264 Å². The molecule has 0 unspecified atom stereocenters. The van der Waals surface area contributed by atoms with Gasteiger partial charge in [0.2, 0.25) is 0 Å². The Bertz CT molecular complexity index is 7210. The number of rotatable bonds is 0. The Morgan fingerprint density at radius 3 is 1.03 bits per heavy atom. The van der Waals surface area contributed by atoms with Crippen LogP contribution in [-0.2, 0) is 32.5 Å². The highest BCUT2D eigenvalue weighted by molar-refractivity contribution is 6.27. The van der Waals surface area contributed by atoms with E-state index >= 15 is 0 Å². The van der Waals surface area contributed by atoms with Crippen LogP contribution < -0.4 is 0 Å². The van der Waals surface area contributed by atoms with E-state index in [4.69, 9.17) is 0 Å². The Morgan fingerprint density at radius 2 is 0.508 bits per heavy atom. The van der Waals surface area contributed by atoms with Gasteiger partial charge in [-0.1, -0.05) is 314 Å². The summed E-state index contributed by atoms with van der Waals surface area (Å²) in [7, 11) is 0. The standard InChI is InChI=1S/2C21H18.3C21H26.C19H16/c1-13-12-20-18-10-5-4-8-16(18)17-9-6-7-11-19(17)21(20)15(3)14(13)2;1-13-10-18-11-17-9-8-16-6-4-5-7-19(16)21(17)12-20(18)15(3)14(13)2;1-13-12-17-16-10-8-9-11-18(16)20(4,5)21(6,7)19(17)15(3)14(13)2;2*1-13-12-18-19(15(3)14(13)2)16-10-8-9-11-17(16)20(4,5)21(18,6)7;1-11-12(2)16-9-7-14-5-4-6-15-8-10-17(13(11)3)19(16)18(14)15/h2*4-12H,1-3H3;3*8-12H,1-7H3;4-10H,1-3H3. The summed E-state index contributed by atoms with van der Waals surface area (Å²) in [5.41, 5.74) is 43.9. The van der Waals surface area contributed by atoms with Crippen molar-refractivity contribution in [1.82, 2.24) is 0 Å². The van der Waals surface area contributed by atoms with Crippen LogP contribution in [-0.4, -0.2) is 0 Å². The Balaban J connectivity index is 0.000000110. The minimum Gasteiger partial charge on any atom is -0.0619 e. The van der Waals surface area contributed by atoms with Gasteiger partial charge in [0, 0.05) is 0 Å². The molecule has 0 nitrogen and oxygen atoms in total. The highest BCUT2D eigenvalue weighted by Crippen LogP contribution is 2.59. The first-order valence-corrected chi connectivity index (χ1v) is 45.5. The van der Waals surface area contributed by atoms with Crippen LogP contribution in [0, 0.1) is 125 Å². The Morgan fingerprint density at radius 1 is 0.153 bits per heavy atom. The third kappa shape index (κ3) is 13.4. The summed E-state index contributed by atoms with van der Waals surface area (Å²) in [6, 6.07) is 89.8. The molecule has 124 heavy (non-hydrogen) atoms. The van der Waals surface area contributed by atoms with E-state index < -0.39 is 0 Å². The minimum absolute atomic E-state index is 0.124. The second kappa shape index (κ2) is 31.4. The van der Waals surface area contributed by atoms with Gasteiger partial charge in [-0.15, -0.1) is 0 Å². The third-order valence-corrected chi connectivity index (χ3v) is 33.2. The molecule has 0 aliphatic heterocycles. The van der Waals surface area contributed by atoms with Gasteiger partial charge in [0.1, 0.15) is 0 Å². The summed E-state index contributed by atoms with van der Waals surface area (Å²) < 4.78 is 0. The maximum absolute atomic E-state index is 2.43. The fourth-order valence-corrected chi connectivity index (χ4v) is 22.0. The Hall–Kier alpha value is -11.4. The van der Waals surface area contributed by atoms with Crippen LogP contribution in [0.5, 0.6) is 0 Å². The SMILES string of the molecule is Cc1c(C)c2ccc3cccc4ccc(c1C)c2c34.Cc1cc2c(c(C)c1C)-c1ccccc1C(C)(C)C2(C)C.Cc1cc2c(c(C)c1C)-c1ccccc1C(C)(C)C2(C)C.Cc1cc2c(c(C)c1C)C(C)(C)C(C)(C)c1ccccc1-2.Cc1cc2c3ccccc3c3ccccc3c2c(C)c1C.Cc1cc2cc3ccc4ccccc4c3cc2c(C)c1C. The summed E-state index contributed by atoms with van der Waals surface area (Å²) in [6.07, 6.45) is 0. The quantitative estimate of drug-likeness (QED) is 0.105. The van der Waals surface area contributed by atoms with Gasteiger partial charge in [-0.05, 0) is 433 Å². The molecule has 3 aliphatic carbocycles. The molecule has 0 spiro atoms. The Kier molecular flexibility index (Phi) is 21.8. The monoisotopic (exact) mass is 1620 g/mol. The molecule has 0 heterocycles. The van der Waals surface area contributed by atoms with Gasteiger partial charge in [-0.3, -0.25) is 0 Å². The summed E-state index contributed by atoms with van der Waals surface area (Å²) >= 11 is 0. The first-order valence-electron chi connectivity index (χ1n) is 45.5. The summed E-state index contributed by atoms with van der Waals surface area (Å²) in [5.74, 6) is 0. The van der Waals surface area contributed by atoms with Crippen molar-refractivity contribution < 1.29 is 0 Å². The Labute approximate surface area is 741 Å². The van der Waals surface area contributed by atoms with Crippen molar-refractivity contribution in [3.63, 3.8) is 0 Å². The maximum atomic E-state index is 2.43. The number of fused-ring (bicyclic) bond motifs is 19. The lowest BCUT2D eigenvalue weighted by Gasteiger charge is -2.49. The van der Waals surface area contributed by atoms with Crippen LogP contribution in [0.3, 0.4) is 0 Å². The van der Waals surface area contributed by atoms with E-state index in [0.717, 1.165) is 0 Å². The fraction of sp³-hybridized carbons (Fsp3) is 0.290. The molecule has 18 aromatic carbocycles. The van der Waals surface area contributed by atoms with Crippen molar-refractivity contribution in [3.05, 3.63) is 376 Å².